The normalized spacial score (nSPS) is 16.8. The first kappa shape index (κ1) is 26.4. The van der Waals surface area contributed by atoms with Crippen LogP contribution >= 0.6 is 0 Å². The molecular formula is C27H31N7O5. The zero-order chi connectivity index (χ0) is 27.7. The van der Waals surface area contributed by atoms with Crippen LogP contribution in [0.5, 0.6) is 5.75 Å². The molecule has 0 radical (unpaired) electrons. The van der Waals surface area contributed by atoms with Gasteiger partial charge in [-0.1, -0.05) is 18.2 Å². The van der Waals surface area contributed by atoms with Crippen LogP contribution in [0.3, 0.4) is 0 Å². The van der Waals surface area contributed by atoms with Gasteiger partial charge in [-0.15, -0.1) is 0 Å². The van der Waals surface area contributed by atoms with Gasteiger partial charge in [0.25, 0.3) is 5.69 Å². The molecule has 4 N–H and O–H groups in total. The van der Waals surface area contributed by atoms with Gasteiger partial charge in [-0.2, -0.15) is 0 Å². The lowest BCUT2D eigenvalue weighted by atomic mass is 9.99. The zero-order valence-electron chi connectivity index (χ0n) is 22.0. The van der Waals surface area contributed by atoms with Gasteiger partial charge in [0.05, 0.1) is 42.2 Å². The third-order valence-electron chi connectivity index (χ3n) is 6.84. The number of nitro benzene ring substituents is 1. The molecule has 2 aromatic heterocycles. The van der Waals surface area contributed by atoms with Gasteiger partial charge in [-0.3, -0.25) is 10.1 Å². The molecule has 1 aliphatic heterocycles. The van der Waals surface area contributed by atoms with E-state index in [1.165, 1.54) is 13.2 Å². The van der Waals surface area contributed by atoms with E-state index in [-0.39, 0.29) is 24.6 Å². The Morgan fingerprint density at radius 2 is 1.97 bits per heavy atom. The van der Waals surface area contributed by atoms with Crippen LogP contribution in [0.25, 0.3) is 22.2 Å². The Morgan fingerprint density at radius 3 is 2.72 bits per heavy atom. The molecule has 0 aliphatic carbocycles. The highest BCUT2D eigenvalue weighted by Crippen LogP contribution is 2.39. The second kappa shape index (κ2) is 10.8. The summed E-state index contributed by atoms with van der Waals surface area (Å²) in [7, 11) is 5.35. The topological polar surface area (TPSA) is 151 Å². The summed E-state index contributed by atoms with van der Waals surface area (Å²) in [6.07, 6.45) is 0.151. The fourth-order valence-corrected chi connectivity index (χ4v) is 4.93. The van der Waals surface area contributed by atoms with Crippen molar-refractivity contribution in [1.29, 1.82) is 0 Å². The molecule has 0 saturated carbocycles. The Morgan fingerprint density at radius 1 is 1.18 bits per heavy atom. The summed E-state index contributed by atoms with van der Waals surface area (Å²) >= 11 is 0. The molecule has 12 heteroatoms. The van der Waals surface area contributed by atoms with Crippen molar-refractivity contribution < 1.29 is 19.9 Å². The molecule has 0 amide bonds. The molecule has 12 nitrogen and oxygen atoms in total. The minimum atomic E-state index is -0.880. The molecule has 5 rings (SSSR count). The Kier molecular flexibility index (Phi) is 7.33. The molecule has 2 atom stereocenters. The summed E-state index contributed by atoms with van der Waals surface area (Å²) in [6.45, 7) is 1.51. The number of para-hydroxylation sites is 1. The van der Waals surface area contributed by atoms with Crippen molar-refractivity contribution in [3.8, 4) is 17.0 Å². The van der Waals surface area contributed by atoms with Gasteiger partial charge in [-0.25, -0.2) is 9.97 Å². The number of nitrogens with zero attached hydrogens (tertiary/aromatic N) is 5. The van der Waals surface area contributed by atoms with E-state index in [4.69, 9.17) is 9.72 Å². The smallest absolute Gasteiger partial charge is 0.294 e. The molecule has 2 aromatic carbocycles. The Balaban J connectivity index is 1.52. The van der Waals surface area contributed by atoms with Crippen LogP contribution in [-0.2, 0) is 13.0 Å². The summed E-state index contributed by atoms with van der Waals surface area (Å²) in [6, 6.07) is 12.6. The van der Waals surface area contributed by atoms with Crippen molar-refractivity contribution in [3.05, 3.63) is 64.5 Å². The number of likely N-dealkylation sites (N-methyl/N-ethyl adjacent to an activating group) is 1. The molecule has 0 saturated heterocycles. The number of ether oxygens (including phenoxy) is 1. The fourth-order valence-electron chi connectivity index (χ4n) is 4.93. The average Bonchev–Trinajstić information content (AvgIpc) is 3.22. The molecule has 0 bridgehead atoms. The maximum absolute atomic E-state index is 11.9. The van der Waals surface area contributed by atoms with Crippen LogP contribution < -0.4 is 15.4 Å². The molecule has 2 unspecified atom stereocenters. The van der Waals surface area contributed by atoms with Crippen molar-refractivity contribution in [2.45, 2.75) is 25.2 Å². The summed E-state index contributed by atoms with van der Waals surface area (Å²) in [5.74, 6) is 0.625. The number of fused-ring (bicyclic) bond motifs is 3. The number of anilines is 3. The maximum atomic E-state index is 11.9. The molecule has 204 valence electrons. The van der Waals surface area contributed by atoms with Gasteiger partial charge in [0, 0.05) is 60.0 Å². The predicted octanol–water partition coefficient (Wildman–Crippen LogP) is 3.01. The number of aliphatic hydroxyl groups is 2. The Hall–Kier alpha value is -4.26. The number of benzene rings is 2. The monoisotopic (exact) mass is 533 g/mol. The number of nitrogens with one attached hydrogen (secondary N) is 2. The lowest BCUT2D eigenvalue weighted by Gasteiger charge is -2.27. The number of hydrogen-bond donors (Lipinski definition) is 4. The van der Waals surface area contributed by atoms with E-state index < -0.39 is 17.1 Å². The number of aromatic nitrogens is 3. The third kappa shape index (κ3) is 5.21. The number of aliphatic hydroxyl groups excluding tert-OH is 2. The lowest BCUT2D eigenvalue weighted by molar-refractivity contribution is -0.383. The van der Waals surface area contributed by atoms with Crippen LogP contribution in [0.4, 0.5) is 23.0 Å². The first-order valence-electron chi connectivity index (χ1n) is 12.6. The van der Waals surface area contributed by atoms with Crippen molar-refractivity contribution in [2.24, 2.45) is 0 Å². The van der Waals surface area contributed by atoms with E-state index in [2.05, 4.69) is 15.6 Å². The van der Waals surface area contributed by atoms with Crippen molar-refractivity contribution in [1.82, 2.24) is 19.4 Å². The molecule has 3 heterocycles. The van der Waals surface area contributed by atoms with Crippen LogP contribution in [0.15, 0.2) is 48.7 Å². The Bertz CT molecular complexity index is 1520. The second-order valence-electron chi connectivity index (χ2n) is 9.74. The van der Waals surface area contributed by atoms with Crippen molar-refractivity contribution in [2.75, 3.05) is 44.9 Å². The quantitative estimate of drug-likeness (QED) is 0.187. The van der Waals surface area contributed by atoms with E-state index >= 15 is 0 Å². The SMILES string of the molecule is COc1cc(NCCN(C)C)c([N+](=O)[O-])cc1Nc1nccc(-c2c3n(c4ccccc24)CC(O)C(O)C3)n1. The zero-order valence-corrected chi connectivity index (χ0v) is 22.0. The van der Waals surface area contributed by atoms with Gasteiger partial charge in [0.15, 0.2) is 0 Å². The number of methoxy groups -OCH3 is 1. The van der Waals surface area contributed by atoms with Crippen molar-refractivity contribution >= 4 is 33.9 Å². The summed E-state index contributed by atoms with van der Waals surface area (Å²) in [4.78, 5) is 22.5. The van der Waals surface area contributed by atoms with Gasteiger partial charge in [0.1, 0.15) is 11.4 Å². The number of rotatable bonds is 9. The highest BCUT2D eigenvalue weighted by Gasteiger charge is 2.30. The second-order valence-corrected chi connectivity index (χ2v) is 9.74. The molecular weight excluding hydrogens is 502 g/mol. The van der Waals surface area contributed by atoms with Crippen LogP contribution in [-0.4, -0.2) is 81.1 Å². The molecule has 4 aromatic rings. The van der Waals surface area contributed by atoms with E-state index in [1.54, 1.807) is 18.3 Å². The molecule has 1 aliphatic rings. The van der Waals surface area contributed by atoms with Gasteiger partial charge in [0.2, 0.25) is 5.95 Å². The first-order chi connectivity index (χ1) is 18.8. The minimum absolute atomic E-state index is 0.103. The van der Waals surface area contributed by atoms with E-state index in [0.717, 1.165) is 22.2 Å². The third-order valence-corrected chi connectivity index (χ3v) is 6.84. The minimum Gasteiger partial charge on any atom is -0.494 e. The fraction of sp³-hybridized carbons (Fsp3) is 0.333. The van der Waals surface area contributed by atoms with Gasteiger partial charge in [-0.05, 0) is 26.2 Å². The van der Waals surface area contributed by atoms with Crippen LogP contribution in [0.2, 0.25) is 0 Å². The summed E-state index contributed by atoms with van der Waals surface area (Å²) in [5, 5.41) is 39.7. The standard InChI is InChI=1S/C27H31N7O5/c1-32(2)11-10-28-18-13-25(39-3)19(12-21(18)34(37)38)31-27-29-9-8-17(30-27)26-16-6-4-5-7-20(16)33-15-24(36)23(35)14-22(26)33/h4-9,12-13,23-24,28,35-36H,10-11,14-15H2,1-3H3,(H,29,30,31). The number of hydrogen-bond acceptors (Lipinski definition) is 10. The summed E-state index contributed by atoms with van der Waals surface area (Å²) in [5.41, 5.74) is 3.88. The largest absolute Gasteiger partial charge is 0.494 e. The lowest BCUT2D eigenvalue weighted by Crippen LogP contribution is -2.37. The summed E-state index contributed by atoms with van der Waals surface area (Å²) < 4.78 is 7.55. The molecule has 0 spiro atoms. The van der Waals surface area contributed by atoms with E-state index in [0.29, 0.717) is 35.9 Å². The number of nitro groups is 1. The van der Waals surface area contributed by atoms with Gasteiger partial charge >= 0.3 is 0 Å². The highest BCUT2D eigenvalue weighted by molar-refractivity contribution is 5.97. The van der Waals surface area contributed by atoms with Crippen LogP contribution in [0, 0.1) is 10.1 Å². The van der Waals surface area contributed by atoms with Crippen molar-refractivity contribution in [3.63, 3.8) is 0 Å². The maximum Gasteiger partial charge on any atom is 0.294 e. The highest BCUT2D eigenvalue weighted by atomic mass is 16.6. The van der Waals surface area contributed by atoms with Gasteiger partial charge < -0.3 is 35.1 Å². The molecule has 39 heavy (non-hydrogen) atoms. The van der Waals surface area contributed by atoms with Crippen LogP contribution in [0.1, 0.15) is 5.69 Å². The first-order valence-corrected chi connectivity index (χ1v) is 12.6. The average molecular weight is 534 g/mol. The predicted molar refractivity (Wildman–Crippen MR) is 149 cm³/mol. The van der Waals surface area contributed by atoms with E-state index in [1.807, 2.05) is 47.8 Å². The molecule has 0 fully saturated rings. The van der Waals surface area contributed by atoms with E-state index in [9.17, 15) is 20.3 Å². The Labute approximate surface area is 225 Å².